The number of rotatable bonds is 3. The van der Waals surface area contributed by atoms with Gasteiger partial charge in [-0.25, -0.2) is 0 Å². The molecule has 3 aromatic heterocycles. The van der Waals surface area contributed by atoms with E-state index in [1.807, 2.05) is 42.6 Å². The summed E-state index contributed by atoms with van der Waals surface area (Å²) in [6.45, 7) is 0. The van der Waals surface area contributed by atoms with Gasteiger partial charge in [-0.1, -0.05) is 15.9 Å². The van der Waals surface area contributed by atoms with Gasteiger partial charge in [0.2, 0.25) is 0 Å². The maximum Gasteiger partial charge on any atom is 0.0998 e. The van der Waals surface area contributed by atoms with Crippen LogP contribution in [-0.4, -0.2) is 9.97 Å². The first kappa shape index (κ1) is 15.4. The number of furan rings is 1. The van der Waals surface area contributed by atoms with Gasteiger partial charge in [-0.2, -0.15) is 5.26 Å². The summed E-state index contributed by atoms with van der Waals surface area (Å²) < 4.78 is 6.15. The molecule has 0 atom stereocenters. The largest absolute Gasteiger partial charge is 0.472 e. The van der Waals surface area contributed by atoms with Crippen LogP contribution in [0.2, 0.25) is 0 Å². The highest BCUT2D eigenvalue weighted by molar-refractivity contribution is 9.10. The van der Waals surface area contributed by atoms with Gasteiger partial charge in [0.1, 0.15) is 0 Å². The van der Waals surface area contributed by atoms with Gasteiger partial charge < -0.3 is 9.40 Å². The molecule has 4 rings (SSSR count). The molecule has 120 valence electrons. The van der Waals surface area contributed by atoms with Crippen LogP contribution in [0.1, 0.15) is 11.1 Å². The fourth-order valence-corrected chi connectivity index (χ4v) is 3.20. The standard InChI is InChI=1S/C20H12BrN3O/c21-16-1-2-20-18(8-16)19(11-24-20)14(9-22)7-15-10-23-5-3-17(15)13-4-6-25-12-13/h1-8,10-12,24H/b14-7-. The first-order chi connectivity index (χ1) is 12.3. The molecule has 3 heterocycles. The average Bonchev–Trinajstić information content (AvgIpc) is 3.30. The van der Waals surface area contributed by atoms with Crippen LogP contribution in [0.4, 0.5) is 0 Å². The van der Waals surface area contributed by atoms with Gasteiger partial charge in [-0.3, -0.25) is 4.98 Å². The van der Waals surface area contributed by atoms with Gasteiger partial charge in [0.15, 0.2) is 0 Å². The van der Waals surface area contributed by atoms with Crippen LogP contribution >= 0.6 is 15.9 Å². The van der Waals surface area contributed by atoms with Crippen LogP contribution in [-0.2, 0) is 0 Å². The number of nitriles is 1. The summed E-state index contributed by atoms with van der Waals surface area (Å²) >= 11 is 3.49. The zero-order valence-corrected chi connectivity index (χ0v) is 14.6. The second-order valence-corrected chi connectivity index (χ2v) is 6.45. The van der Waals surface area contributed by atoms with Crippen molar-refractivity contribution in [3.8, 4) is 17.2 Å². The van der Waals surface area contributed by atoms with Gasteiger partial charge in [0, 0.05) is 50.7 Å². The van der Waals surface area contributed by atoms with E-state index >= 15 is 0 Å². The SMILES string of the molecule is N#C/C(=C/c1cnccc1-c1ccoc1)c1c[nH]c2ccc(Br)cc12. The van der Waals surface area contributed by atoms with Gasteiger partial charge in [-0.15, -0.1) is 0 Å². The number of H-pyrrole nitrogens is 1. The van der Waals surface area contributed by atoms with Crippen molar-refractivity contribution in [2.45, 2.75) is 0 Å². The summed E-state index contributed by atoms with van der Waals surface area (Å²) in [5.74, 6) is 0. The third-order valence-corrected chi connectivity index (χ3v) is 4.53. The fraction of sp³-hybridized carbons (Fsp3) is 0. The van der Waals surface area contributed by atoms with Crippen LogP contribution in [0.25, 0.3) is 33.7 Å². The van der Waals surface area contributed by atoms with Crippen LogP contribution in [0.3, 0.4) is 0 Å². The number of aromatic nitrogens is 2. The molecule has 0 radical (unpaired) electrons. The van der Waals surface area contributed by atoms with E-state index in [1.54, 1.807) is 24.9 Å². The number of benzene rings is 1. The van der Waals surface area contributed by atoms with Crippen molar-refractivity contribution in [1.82, 2.24) is 9.97 Å². The highest BCUT2D eigenvalue weighted by Gasteiger charge is 2.11. The van der Waals surface area contributed by atoms with Gasteiger partial charge in [0.05, 0.1) is 24.2 Å². The second-order valence-electron chi connectivity index (χ2n) is 5.54. The molecule has 0 spiro atoms. The quantitative estimate of drug-likeness (QED) is 0.460. The molecule has 4 aromatic rings. The zero-order chi connectivity index (χ0) is 17.2. The third-order valence-electron chi connectivity index (χ3n) is 4.04. The molecule has 0 unspecified atom stereocenters. The molecule has 0 bridgehead atoms. The number of pyridine rings is 1. The predicted octanol–water partition coefficient (Wildman–Crippen LogP) is 5.65. The smallest absolute Gasteiger partial charge is 0.0998 e. The molecule has 0 saturated carbocycles. The molecule has 5 heteroatoms. The number of fused-ring (bicyclic) bond motifs is 1. The number of hydrogen-bond donors (Lipinski definition) is 1. The van der Waals surface area contributed by atoms with Crippen LogP contribution in [0, 0.1) is 11.3 Å². The van der Waals surface area contributed by atoms with Crippen molar-refractivity contribution in [2.24, 2.45) is 0 Å². The minimum absolute atomic E-state index is 0.571. The van der Waals surface area contributed by atoms with Crippen molar-refractivity contribution < 1.29 is 4.42 Å². The lowest BCUT2D eigenvalue weighted by molar-refractivity contribution is 0.568. The van der Waals surface area contributed by atoms with Crippen molar-refractivity contribution in [2.75, 3.05) is 0 Å². The minimum atomic E-state index is 0.571. The van der Waals surface area contributed by atoms with Crippen molar-refractivity contribution in [1.29, 1.82) is 5.26 Å². The molecule has 1 aromatic carbocycles. The Balaban J connectivity index is 1.88. The summed E-state index contributed by atoms with van der Waals surface area (Å²) in [5.41, 5.74) is 5.21. The Morgan fingerprint density at radius 2 is 2.20 bits per heavy atom. The van der Waals surface area contributed by atoms with Crippen molar-refractivity contribution >= 4 is 38.5 Å². The third kappa shape index (κ3) is 2.88. The molecule has 0 amide bonds. The van der Waals surface area contributed by atoms with Crippen LogP contribution < -0.4 is 0 Å². The summed E-state index contributed by atoms with van der Waals surface area (Å²) in [7, 11) is 0. The highest BCUT2D eigenvalue weighted by Crippen LogP contribution is 2.31. The molecular formula is C20H12BrN3O. The van der Waals surface area contributed by atoms with E-state index < -0.39 is 0 Å². The molecule has 1 N–H and O–H groups in total. The molecule has 0 aliphatic carbocycles. The summed E-state index contributed by atoms with van der Waals surface area (Å²) in [5, 5.41) is 10.7. The van der Waals surface area contributed by atoms with E-state index in [0.29, 0.717) is 5.57 Å². The number of allylic oxidation sites excluding steroid dienone is 1. The zero-order valence-electron chi connectivity index (χ0n) is 13.0. The lowest BCUT2D eigenvalue weighted by atomic mass is 9.99. The van der Waals surface area contributed by atoms with E-state index in [4.69, 9.17) is 4.42 Å². The lowest BCUT2D eigenvalue weighted by Crippen LogP contribution is -1.86. The minimum Gasteiger partial charge on any atom is -0.472 e. The number of halogens is 1. The Morgan fingerprint density at radius 3 is 3.00 bits per heavy atom. The first-order valence-corrected chi connectivity index (χ1v) is 8.41. The van der Waals surface area contributed by atoms with E-state index in [2.05, 4.69) is 32.0 Å². The maximum atomic E-state index is 9.73. The Labute approximate surface area is 152 Å². The lowest BCUT2D eigenvalue weighted by Gasteiger charge is -2.04. The van der Waals surface area contributed by atoms with Crippen LogP contribution in [0.15, 0.2) is 70.3 Å². The Hall–Kier alpha value is -3.10. The van der Waals surface area contributed by atoms with Crippen LogP contribution in [0.5, 0.6) is 0 Å². The first-order valence-electron chi connectivity index (χ1n) is 7.61. The van der Waals surface area contributed by atoms with E-state index in [9.17, 15) is 5.26 Å². The van der Waals surface area contributed by atoms with Gasteiger partial charge in [-0.05, 0) is 42.0 Å². The Morgan fingerprint density at radius 1 is 1.28 bits per heavy atom. The molecule has 0 fully saturated rings. The van der Waals surface area contributed by atoms with Gasteiger partial charge in [0.25, 0.3) is 0 Å². The Bertz CT molecular complexity index is 1120. The topological polar surface area (TPSA) is 65.6 Å². The maximum absolute atomic E-state index is 9.73. The van der Waals surface area contributed by atoms with E-state index in [1.165, 1.54) is 0 Å². The summed E-state index contributed by atoms with van der Waals surface area (Å²) in [6, 6.07) is 12.1. The normalized spacial score (nSPS) is 11.6. The van der Waals surface area contributed by atoms with E-state index in [0.717, 1.165) is 37.6 Å². The number of aromatic amines is 1. The Kier molecular flexibility index (Phi) is 3.96. The molecule has 0 saturated heterocycles. The molecular weight excluding hydrogens is 378 g/mol. The monoisotopic (exact) mass is 389 g/mol. The second kappa shape index (κ2) is 6.42. The van der Waals surface area contributed by atoms with Crippen molar-refractivity contribution in [3.63, 3.8) is 0 Å². The molecule has 25 heavy (non-hydrogen) atoms. The summed E-state index contributed by atoms with van der Waals surface area (Å²) in [6.07, 6.45) is 10.5. The van der Waals surface area contributed by atoms with Crippen molar-refractivity contribution in [3.05, 3.63) is 77.0 Å². The molecule has 0 aliphatic rings. The van der Waals surface area contributed by atoms with Gasteiger partial charge >= 0.3 is 0 Å². The highest BCUT2D eigenvalue weighted by atomic mass is 79.9. The molecule has 4 nitrogen and oxygen atoms in total. The number of nitrogens with one attached hydrogen (secondary N) is 1. The fourth-order valence-electron chi connectivity index (χ4n) is 2.84. The molecule has 0 aliphatic heterocycles. The number of nitrogens with zero attached hydrogens (tertiary/aromatic N) is 2. The number of hydrogen-bond acceptors (Lipinski definition) is 3. The average molecular weight is 390 g/mol. The predicted molar refractivity (Wildman–Crippen MR) is 101 cm³/mol. The van der Waals surface area contributed by atoms with E-state index in [-0.39, 0.29) is 0 Å². The summed E-state index contributed by atoms with van der Waals surface area (Å²) in [4.78, 5) is 7.42.